The second kappa shape index (κ2) is 9.47. The number of halogens is 1. The van der Waals surface area contributed by atoms with Gasteiger partial charge in [-0.1, -0.05) is 37.3 Å². The Bertz CT molecular complexity index is 1020. The summed E-state index contributed by atoms with van der Waals surface area (Å²) in [5, 5.41) is 0.656. The van der Waals surface area contributed by atoms with Crippen LogP contribution < -0.4 is 27.5 Å². The fraction of sp³-hybridized carbons (Fsp3) is 0.375. The van der Waals surface area contributed by atoms with Gasteiger partial charge >= 0.3 is 0 Å². The molecule has 1 N–H and O–H groups in total. The summed E-state index contributed by atoms with van der Waals surface area (Å²) in [4.78, 5) is 14.8. The van der Waals surface area contributed by atoms with Crippen LogP contribution in [0.15, 0.2) is 51.7 Å². The molecule has 29 heavy (non-hydrogen) atoms. The van der Waals surface area contributed by atoms with E-state index in [0.717, 1.165) is 42.1 Å². The summed E-state index contributed by atoms with van der Waals surface area (Å²) >= 11 is 0. The van der Waals surface area contributed by atoms with Crippen molar-refractivity contribution in [2.45, 2.75) is 39.2 Å². The number of hydrogen-bond donors (Lipinski definition) is 1. The largest absolute Gasteiger partial charge is 1.00 e. The number of ether oxygens (including phenoxy) is 1. The molecule has 0 atom stereocenters. The first-order valence-corrected chi connectivity index (χ1v) is 10.3. The monoisotopic (exact) mass is 413 g/mol. The Morgan fingerprint density at radius 1 is 1.00 bits per heavy atom. The smallest absolute Gasteiger partial charge is 0.196 e. The van der Waals surface area contributed by atoms with Crippen LogP contribution in [0.5, 0.6) is 5.75 Å². The number of likely N-dealkylation sites (tertiary alicyclic amines) is 1. The van der Waals surface area contributed by atoms with Crippen LogP contribution in [0.25, 0.3) is 22.3 Å². The summed E-state index contributed by atoms with van der Waals surface area (Å²) in [6.45, 7) is 5.14. The summed E-state index contributed by atoms with van der Waals surface area (Å²) in [6, 6.07) is 13.7. The maximum Gasteiger partial charge on any atom is 0.196 e. The molecule has 1 aromatic heterocycles. The molecule has 0 radical (unpaired) electrons. The fourth-order valence-corrected chi connectivity index (χ4v) is 4.32. The van der Waals surface area contributed by atoms with Crippen LogP contribution >= 0.6 is 0 Å². The van der Waals surface area contributed by atoms with Crippen molar-refractivity contribution in [1.29, 1.82) is 0 Å². The van der Waals surface area contributed by atoms with E-state index in [1.54, 1.807) is 7.11 Å². The lowest BCUT2D eigenvalue weighted by Gasteiger charge is -2.24. The van der Waals surface area contributed by atoms with Crippen molar-refractivity contribution in [2.75, 3.05) is 20.2 Å². The van der Waals surface area contributed by atoms with E-state index in [-0.39, 0.29) is 17.8 Å². The van der Waals surface area contributed by atoms with Gasteiger partial charge in [0.1, 0.15) is 18.1 Å². The minimum atomic E-state index is 0. The fourth-order valence-electron chi connectivity index (χ4n) is 4.32. The molecular formula is C24H28ClNO3. The van der Waals surface area contributed by atoms with Crippen LogP contribution in [0.4, 0.5) is 0 Å². The number of rotatable bonds is 5. The maximum absolute atomic E-state index is 13.3. The molecule has 1 aliphatic rings. The molecule has 1 saturated heterocycles. The summed E-state index contributed by atoms with van der Waals surface area (Å²) in [7, 11) is 1.69. The van der Waals surface area contributed by atoms with E-state index in [4.69, 9.17) is 9.15 Å². The van der Waals surface area contributed by atoms with Gasteiger partial charge in [0, 0.05) is 11.1 Å². The van der Waals surface area contributed by atoms with Gasteiger partial charge in [-0.2, -0.15) is 0 Å². The third-order valence-electron chi connectivity index (χ3n) is 5.81. The first kappa shape index (κ1) is 21.4. The van der Waals surface area contributed by atoms with Crippen molar-refractivity contribution in [3.8, 4) is 17.1 Å². The average molecular weight is 414 g/mol. The zero-order chi connectivity index (χ0) is 19.5. The molecule has 0 spiro atoms. The Morgan fingerprint density at radius 3 is 2.38 bits per heavy atom. The Morgan fingerprint density at radius 2 is 1.72 bits per heavy atom. The highest BCUT2D eigenvalue weighted by molar-refractivity contribution is 5.85. The predicted molar refractivity (Wildman–Crippen MR) is 112 cm³/mol. The minimum Gasteiger partial charge on any atom is -1.00 e. The van der Waals surface area contributed by atoms with Gasteiger partial charge in [-0.05, 0) is 37.8 Å². The maximum atomic E-state index is 13.3. The molecule has 0 unspecified atom stereocenters. The highest BCUT2D eigenvalue weighted by atomic mass is 35.5. The van der Waals surface area contributed by atoms with Crippen LogP contribution in [-0.2, 0) is 13.0 Å². The third-order valence-corrected chi connectivity index (χ3v) is 5.81. The molecule has 0 bridgehead atoms. The van der Waals surface area contributed by atoms with Crippen LogP contribution in [-0.4, -0.2) is 20.2 Å². The summed E-state index contributed by atoms with van der Waals surface area (Å²) in [6.07, 6.45) is 4.45. The van der Waals surface area contributed by atoms with E-state index in [1.807, 2.05) is 49.4 Å². The zero-order valence-corrected chi connectivity index (χ0v) is 17.8. The second-order valence-electron chi connectivity index (χ2n) is 7.57. The van der Waals surface area contributed by atoms with Crippen molar-refractivity contribution < 1.29 is 26.5 Å². The Hall–Kier alpha value is -2.30. The van der Waals surface area contributed by atoms with Crippen LogP contribution in [0.2, 0.25) is 0 Å². The number of quaternary nitrogens is 1. The molecule has 4 nitrogen and oxygen atoms in total. The van der Waals surface area contributed by atoms with E-state index < -0.39 is 0 Å². The van der Waals surface area contributed by atoms with Crippen LogP contribution in [0.1, 0.15) is 37.3 Å². The van der Waals surface area contributed by atoms with Gasteiger partial charge in [-0.3, -0.25) is 4.79 Å². The number of nitrogens with one attached hydrogen (secondary N) is 1. The van der Waals surface area contributed by atoms with Gasteiger partial charge in [0.05, 0.1) is 31.1 Å². The summed E-state index contributed by atoms with van der Waals surface area (Å²) in [5.74, 6) is 1.49. The third kappa shape index (κ3) is 4.19. The molecule has 5 heteroatoms. The zero-order valence-electron chi connectivity index (χ0n) is 17.1. The molecule has 0 aliphatic carbocycles. The van der Waals surface area contributed by atoms with E-state index in [2.05, 4.69) is 0 Å². The number of benzene rings is 2. The standard InChI is InChI=1S/C24H27NO3.ClH/c1-3-18-22(26)19-12-13-21(27-2)20(16-25-14-8-5-9-15-25)24(19)28-23(18)17-10-6-4-7-11-17;/h4,6-7,10-13H,3,5,8-9,14-16H2,1-2H3;1H. The minimum absolute atomic E-state index is 0. The Labute approximate surface area is 177 Å². The molecule has 1 fully saturated rings. The van der Waals surface area contributed by atoms with E-state index >= 15 is 0 Å². The second-order valence-corrected chi connectivity index (χ2v) is 7.57. The SMILES string of the molecule is CCc1c(-c2ccccc2)oc2c(C[NH+]3CCCCC3)c(OC)ccc2c1=O.[Cl-]. The molecule has 4 rings (SSSR count). The van der Waals surface area contributed by atoms with Crippen molar-refractivity contribution >= 4 is 11.0 Å². The van der Waals surface area contributed by atoms with Crippen molar-refractivity contribution in [1.82, 2.24) is 0 Å². The van der Waals surface area contributed by atoms with E-state index in [9.17, 15) is 4.79 Å². The van der Waals surface area contributed by atoms with Gasteiger partial charge in [0.25, 0.3) is 0 Å². The number of methoxy groups -OCH3 is 1. The van der Waals surface area contributed by atoms with Gasteiger partial charge in [-0.25, -0.2) is 0 Å². The highest BCUT2D eigenvalue weighted by Crippen LogP contribution is 2.31. The molecule has 2 heterocycles. The summed E-state index contributed by atoms with van der Waals surface area (Å²) in [5.41, 5.74) is 3.44. The number of hydrogen-bond acceptors (Lipinski definition) is 3. The molecule has 3 aromatic rings. The van der Waals surface area contributed by atoms with Crippen LogP contribution in [0.3, 0.4) is 0 Å². The topological polar surface area (TPSA) is 43.9 Å². The van der Waals surface area contributed by atoms with Crippen molar-refractivity contribution in [3.63, 3.8) is 0 Å². The molecule has 1 aliphatic heterocycles. The van der Waals surface area contributed by atoms with E-state index in [1.165, 1.54) is 24.2 Å². The van der Waals surface area contributed by atoms with Gasteiger partial charge in [0.15, 0.2) is 11.0 Å². The quantitative estimate of drug-likeness (QED) is 0.666. The normalized spacial score (nSPS) is 14.6. The van der Waals surface area contributed by atoms with Crippen molar-refractivity contribution in [3.05, 3.63) is 63.8 Å². The number of fused-ring (bicyclic) bond motifs is 1. The van der Waals surface area contributed by atoms with Gasteiger partial charge < -0.3 is 26.5 Å². The number of piperidine rings is 1. The lowest BCUT2D eigenvalue weighted by Crippen LogP contribution is -3.11. The van der Waals surface area contributed by atoms with Crippen molar-refractivity contribution in [2.24, 2.45) is 0 Å². The first-order valence-electron chi connectivity index (χ1n) is 10.3. The average Bonchev–Trinajstić information content (AvgIpc) is 2.75. The predicted octanol–water partition coefficient (Wildman–Crippen LogP) is 0.604. The van der Waals surface area contributed by atoms with Gasteiger partial charge in [-0.15, -0.1) is 0 Å². The summed E-state index contributed by atoms with van der Waals surface area (Å²) < 4.78 is 12.1. The highest BCUT2D eigenvalue weighted by Gasteiger charge is 2.23. The molecule has 0 amide bonds. The molecule has 154 valence electrons. The lowest BCUT2D eigenvalue weighted by molar-refractivity contribution is -0.918. The lowest BCUT2D eigenvalue weighted by atomic mass is 10.0. The first-order chi connectivity index (χ1) is 13.7. The Balaban J connectivity index is 0.00000240. The molecule has 2 aromatic carbocycles. The molecule has 0 saturated carbocycles. The molecular weight excluding hydrogens is 386 g/mol. The van der Waals surface area contributed by atoms with Crippen LogP contribution in [0, 0.1) is 0 Å². The van der Waals surface area contributed by atoms with E-state index in [0.29, 0.717) is 23.2 Å². The Kier molecular flexibility index (Phi) is 6.99. The van der Waals surface area contributed by atoms with Gasteiger partial charge in [0.2, 0.25) is 0 Å².